The van der Waals surface area contributed by atoms with Crippen molar-refractivity contribution in [2.45, 2.75) is 62.0 Å². The van der Waals surface area contributed by atoms with E-state index in [9.17, 15) is 22.8 Å². The van der Waals surface area contributed by atoms with Crippen molar-refractivity contribution < 1.29 is 42.1 Å². The number of carboxylic acid groups (broad SMARTS) is 1. The monoisotopic (exact) mass is 516 g/mol. The van der Waals surface area contributed by atoms with Gasteiger partial charge < -0.3 is 36.3 Å². The van der Waals surface area contributed by atoms with Gasteiger partial charge in [-0.3, -0.25) is 4.79 Å². The first-order valence-corrected chi connectivity index (χ1v) is 12.3. The zero-order chi connectivity index (χ0) is 25.4. The minimum atomic E-state index is -5.08. The van der Waals surface area contributed by atoms with E-state index < -0.39 is 12.1 Å². The molecule has 2 aliphatic heterocycles. The van der Waals surface area contributed by atoms with E-state index >= 15 is 0 Å². The predicted octanol–water partition coefficient (Wildman–Crippen LogP) is 1.23. The van der Waals surface area contributed by atoms with Crippen molar-refractivity contribution in [2.75, 3.05) is 45.3 Å². The van der Waals surface area contributed by atoms with E-state index in [-0.39, 0.29) is 24.0 Å². The Morgan fingerprint density at radius 3 is 2.35 bits per heavy atom. The van der Waals surface area contributed by atoms with Crippen molar-refractivity contribution in [1.29, 1.82) is 0 Å². The second-order valence-corrected chi connectivity index (χ2v) is 9.01. The number of rotatable bonds is 15. The van der Waals surface area contributed by atoms with Gasteiger partial charge >= 0.3 is 18.2 Å². The van der Waals surface area contributed by atoms with Crippen LogP contribution >= 0.6 is 11.8 Å². The van der Waals surface area contributed by atoms with Gasteiger partial charge in [0, 0.05) is 37.2 Å². The lowest BCUT2D eigenvalue weighted by Crippen LogP contribution is -2.36. The van der Waals surface area contributed by atoms with Crippen molar-refractivity contribution in [3.63, 3.8) is 0 Å². The van der Waals surface area contributed by atoms with Crippen LogP contribution in [-0.4, -0.2) is 91.8 Å². The predicted molar refractivity (Wildman–Crippen MR) is 121 cm³/mol. The minimum Gasteiger partial charge on any atom is -0.475 e. The fourth-order valence-corrected chi connectivity index (χ4v) is 4.82. The van der Waals surface area contributed by atoms with Gasteiger partial charge in [-0.15, -0.1) is 0 Å². The molecule has 3 atom stereocenters. The summed E-state index contributed by atoms with van der Waals surface area (Å²) < 4.78 is 42.5. The third kappa shape index (κ3) is 13.2. The van der Waals surface area contributed by atoms with Gasteiger partial charge in [0.05, 0.1) is 25.3 Å². The van der Waals surface area contributed by atoms with Crippen LogP contribution in [0.3, 0.4) is 0 Å². The Hall–Kier alpha value is -1.77. The molecule has 2 aliphatic rings. The number of unbranched alkanes of at least 4 members (excludes halogenated alkanes) is 1. The molecule has 10 nitrogen and oxygen atoms in total. The van der Waals surface area contributed by atoms with E-state index in [1.54, 1.807) is 0 Å². The first-order valence-electron chi connectivity index (χ1n) is 11.3. The topological polar surface area (TPSA) is 152 Å². The van der Waals surface area contributed by atoms with Gasteiger partial charge in [0.15, 0.2) is 0 Å². The standard InChI is InChI=1S/C18H34N4O4S.C2HF3O2/c19-7-3-9-25-11-12-26-10-4-8-20-16(23)6-2-1-5-15-17-14(13-27-15)21-18(24)22-17;3-2(4,5)1(6)7/h14-15,17H,1-13,19H2,(H,20,23)(H2,21,22,24);(H,6,7)/t14-,15-,17-;/m0./s1. The molecule has 2 rings (SSSR count). The molecule has 34 heavy (non-hydrogen) atoms. The van der Waals surface area contributed by atoms with E-state index in [1.807, 2.05) is 11.8 Å². The zero-order valence-corrected chi connectivity index (χ0v) is 19.8. The summed E-state index contributed by atoms with van der Waals surface area (Å²) in [7, 11) is 0. The van der Waals surface area contributed by atoms with Crippen LogP contribution in [0.25, 0.3) is 0 Å². The van der Waals surface area contributed by atoms with Crippen molar-refractivity contribution in [3.05, 3.63) is 0 Å². The smallest absolute Gasteiger partial charge is 0.475 e. The molecule has 0 aromatic heterocycles. The molecular weight excluding hydrogens is 481 g/mol. The second kappa shape index (κ2) is 16.8. The first kappa shape index (κ1) is 30.3. The Labute approximate surface area is 201 Å². The van der Waals surface area contributed by atoms with E-state index in [1.165, 1.54) is 0 Å². The lowest BCUT2D eigenvalue weighted by molar-refractivity contribution is -0.192. The number of hydrogen-bond donors (Lipinski definition) is 5. The third-order valence-corrected chi connectivity index (χ3v) is 6.48. The summed E-state index contributed by atoms with van der Waals surface area (Å²) in [5, 5.41) is 16.5. The van der Waals surface area contributed by atoms with Gasteiger partial charge in [-0.05, 0) is 32.2 Å². The SMILES string of the molecule is NCCCOCCOCCCNC(=O)CCCC[C@@H]1SC[C@@H]2NC(=O)N[C@@H]21.O=C(O)C(F)(F)F. The van der Waals surface area contributed by atoms with Gasteiger partial charge in [0.1, 0.15) is 0 Å². The number of alkyl halides is 3. The number of carbonyl (C=O) groups excluding carboxylic acids is 2. The molecule has 2 fully saturated rings. The van der Waals surface area contributed by atoms with Crippen LogP contribution in [0.5, 0.6) is 0 Å². The normalized spacial score (nSPS) is 21.2. The van der Waals surface area contributed by atoms with Gasteiger partial charge in [-0.25, -0.2) is 9.59 Å². The maximum atomic E-state index is 11.8. The van der Waals surface area contributed by atoms with E-state index in [4.69, 9.17) is 25.1 Å². The average molecular weight is 517 g/mol. The first-order chi connectivity index (χ1) is 16.1. The Morgan fingerprint density at radius 1 is 1.09 bits per heavy atom. The molecule has 0 unspecified atom stereocenters. The molecule has 0 aliphatic carbocycles. The highest BCUT2D eigenvalue weighted by atomic mass is 32.2. The average Bonchev–Trinajstić information content (AvgIpc) is 3.31. The molecule has 3 amide bonds. The lowest BCUT2D eigenvalue weighted by atomic mass is 10.0. The van der Waals surface area contributed by atoms with Crippen LogP contribution in [0.4, 0.5) is 18.0 Å². The van der Waals surface area contributed by atoms with Crippen LogP contribution in [0.2, 0.25) is 0 Å². The van der Waals surface area contributed by atoms with Crippen molar-refractivity contribution in [3.8, 4) is 0 Å². The van der Waals surface area contributed by atoms with Crippen LogP contribution < -0.4 is 21.7 Å². The molecule has 198 valence electrons. The number of fused-ring (bicyclic) bond motifs is 1. The summed E-state index contributed by atoms with van der Waals surface area (Å²) in [6.45, 7) is 3.77. The summed E-state index contributed by atoms with van der Waals surface area (Å²) in [6.07, 6.45) is 0.105. The molecule has 0 bridgehead atoms. The summed E-state index contributed by atoms with van der Waals surface area (Å²) >= 11 is 1.92. The lowest BCUT2D eigenvalue weighted by Gasteiger charge is -2.16. The summed E-state index contributed by atoms with van der Waals surface area (Å²) in [4.78, 5) is 32.1. The fraction of sp³-hybridized carbons (Fsp3) is 0.850. The number of carboxylic acids is 1. The van der Waals surface area contributed by atoms with Gasteiger partial charge in [0.2, 0.25) is 5.91 Å². The van der Waals surface area contributed by atoms with E-state index in [0.29, 0.717) is 51.2 Å². The molecule has 0 aromatic rings. The Bertz CT molecular complexity index is 630. The largest absolute Gasteiger partial charge is 0.490 e. The van der Waals surface area contributed by atoms with Crippen LogP contribution in [-0.2, 0) is 19.1 Å². The number of aliphatic carboxylic acids is 1. The number of halogens is 3. The number of hydrogen-bond acceptors (Lipinski definition) is 7. The molecule has 2 heterocycles. The molecular formula is C20H35F3N4O6S. The van der Waals surface area contributed by atoms with Crippen LogP contribution in [0, 0.1) is 0 Å². The van der Waals surface area contributed by atoms with E-state index in [2.05, 4.69) is 16.0 Å². The highest BCUT2D eigenvalue weighted by molar-refractivity contribution is 8.00. The van der Waals surface area contributed by atoms with Gasteiger partial charge in [-0.2, -0.15) is 24.9 Å². The number of ether oxygens (including phenoxy) is 2. The molecule has 0 saturated carbocycles. The Balaban J connectivity index is 0.000000718. The summed E-state index contributed by atoms with van der Waals surface area (Å²) in [5.74, 6) is -1.67. The van der Waals surface area contributed by atoms with Crippen LogP contribution in [0.1, 0.15) is 38.5 Å². The quantitative estimate of drug-likeness (QED) is 0.161. The molecule has 6 N–H and O–H groups in total. The molecule has 0 radical (unpaired) electrons. The van der Waals surface area contributed by atoms with Crippen LogP contribution in [0.15, 0.2) is 0 Å². The summed E-state index contributed by atoms with van der Waals surface area (Å²) in [5.41, 5.74) is 5.38. The number of thioether (sulfide) groups is 1. The number of nitrogens with one attached hydrogen (secondary N) is 3. The fourth-order valence-electron chi connectivity index (χ4n) is 3.27. The highest BCUT2D eigenvalue weighted by Crippen LogP contribution is 2.33. The maximum absolute atomic E-state index is 11.8. The zero-order valence-electron chi connectivity index (χ0n) is 19.0. The molecule has 0 aromatic carbocycles. The number of urea groups is 1. The molecule has 14 heteroatoms. The minimum absolute atomic E-state index is 0.0437. The van der Waals surface area contributed by atoms with Crippen molar-refractivity contribution >= 4 is 29.7 Å². The maximum Gasteiger partial charge on any atom is 0.490 e. The Kier molecular flexibility index (Phi) is 14.9. The summed E-state index contributed by atoms with van der Waals surface area (Å²) in [6, 6.07) is 0.482. The van der Waals surface area contributed by atoms with Crippen molar-refractivity contribution in [2.24, 2.45) is 5.73 Å². The Morgan fingerprint density at radius 2 is 1.74 bits per heavy atom. The third-order valence-electron chi connectivity index (χ3n) is 4.98. The molecule has 0 spiro atoms. The second-order valence-electron chi connectivity index (χ2n) is 7.74. The van der Waals surface area contributed by atoms with Crippen molar-refractivity contribution in [1.82, 2.24) is 16.0 Å². The van der Waals surface area contributed by atoms with E-state index in [0.717, 1.165) is 37.9 Å². The highest BCUT2D eigenvalue weighted by Gasteiger charge is 2.42. The molecule has 2 saturated heterocycles. The number of amides is 3. The van der Waals surface area contributed by atoms with Gasteiger partial charge in [0.25, 0.3) is 0 Å². The number of carbonyl (C=O) groups is 3. The van der Waals surface area contributed by atoms with Gasteiger partial charge in [-0.1, -0.05) is 6.42 Å². The number of nitrogens with two attached hydrogens (primary N) is 1.